The molecule has 43 heavy (non-hydrogen) atoms. The van der Waals surface area contributed by atoms with Crippen molar-refractivity contribution in [3.05, 3.63) is 66.7 Å². The fraction of sp³-hybridized carbons (Fsp3) is 0. The van der Waals surface area contributed by atoms with Gasteiger partial charge in [0.2, 0.25) is 0 Å². The number of rotatable bonds is 12. The lowest BCUT2D eigenvalue weighted by Gasteiger charge is -2.11. The summed E-state index contributed by atoms with van der Waals surface area (Å²) in [7, 11) is -9.80. The maximum atomic E-state index is 12.1. The predicted octanol–water partition coefficient (Wildman–Crippen LogP) is 6.73. The van der Waals surface area contributed by atoms with Crippen LogP contribution in [-0.2, 0) is 39.0 Å². The molecule has 0 aromatic heterocycles. The monoisotopic (exact) mass is 672 g/mol. The summed E-state index contributed by atoms with van der Waals surface area (Å²) in [6, 6.07) is 14.3. The second kappa shape index (κ2) is 13.8. The summed E-state index contributed by atoms with van der Waals surface area (Å²) in [5, 5.41) is 49.7. The summed E-state index contributed by atoms with van der Waals surface area (Å²) >= 11 is 1.11. The Morgan fingerprint density at radius 2 is 1.26 bits per heavy atom. The van der Waals surface area contributed by atoms with Crippen molar-refractivity contribution in [1.82, 2.24) is 0 Å². The van der Waals surface area contributed by atoms with Gasteiger partial charge in [-0.2, -0.15) is 27.1 Å². The van der Waals surface area contributed by atoms with E-state index in [1.165, 1.54) is 36.4 Å². The Balaban J connectivity index is 1.73. The lowest BCUT2D eigenvalue weighted by Crippen LogP contribution is -2.00. The van der Waals surface area contributed by atoms with Crippen molar-refractivity contribution in [3.8, 4) is 5.75 Å². The first-order valence-electron chi connectivity index (χ1n) is 11.0. The molecule has 21 heteroatoms. The molecule has 4 aromatic carbocycles. The molecule has 0 atom stereocenters. The van der Waals surface area contributed by atoms with E-state index in [4.69, 9.17) is 10.5 Å². The first kappa shape index (κ1) is 32.3. The molecular weight excluding hydrogens is 657 g/mol. The van der Waals surface area contributed by atoms with Crippen molar-refractivity contribution in [2.24, 2.45) is 20.5 Å². The van der Waals surface area contributed by atoms with Gasteiger partial charge in [-0.15, -0.1) is 18.9 Å². The molecule has 0 radical (unpaired) electrons. The molecule has 0 spiro atoms. The molecule has 0 amide bonds. The van der Waals surface area contributed by atoms with E-state index in [1.807, 2.05) is 0 Å². The van der Waals surface area contributed by atoms with Crippen molar-refractivity contribution >= 4 is 77.8 Å². The molecule has 0 bridgehead atoms. The third kappa shape index (κ3) is 8.08. The van der Waals surface area contributed by atoms with Crippen LogP contribution in [0.5, 0.6) is 5.75 Å². The van der Waals surface area contributed by atoms with Crippen LogP contribution in [0, 0.1) is 0 Å². The highest BCUT2D eigenvalue weighted by molar-refractivity contribution is 7.95. The van der Waals surface area contributed by atoms with Crippen LogP contribution in [0.3, 0.4) is 0 Å². The number of azo groups is 2. The van der Waals surface area contributed by atoms with Gasteiger partial charge < -0.3 is 5.11 Å². The Morgan fingerprint density at radius 3 is 1.91 bits per heavy atom. The largest absolute Gasteiger partial charge is 0.505 e. The van der Waals surface area contributed by atoms with Gasteiger partial charge >= 0.3 is 0 Å². The maximum Gasteiger partial charge on any atom is 0.296 e. The van der Waals surface area contributed by atoms with Crippen LogP contribution in [0.1, 0.15) is 0 Å². The molecule has 4 aromatic rings. The standard InChI is InChI=1S/C22H16N4O13S4/c27-22-17(11-19(42(30,31)32)15-2-1-3-18(21(15)22)41-39-37-29)26-25-16-9-6-13(10-20(16)43(33,34)35)24-23-12-4-7-14(8-5-12)40-38-36-28/h1-11,27-29H,(H,30,31,32)(H,33,34,35)/b24-23+,26-25+. The first-order valence-corrected chi connectivity index (χ1v) is 15.4. The van der Waals surface area contributed by atoms with Crippen LogP contribution in [0.25, 0.3) is 10.8 Å². The molecule has 0 aliphatic carbocycles. The van der Waals surface area contributed by atoms with Gasteiger partial charge in [-0.1, -0.05) is 22.2 Å². The third-order valence-electron chi connectivity index (χ3n) is 5.24. The first-order chi connectivity index (χ1) is 20.4. The van der Waals surface area contributed by atoms with E-state index in [0.29, 0.717) is 22.6 Å². The van der Waals surface area contributed by atoms with E-state index in [9.17, 15) is 31.0 Å². The average Bonchev–Trinajstić information content (AvgIpc) is 2.97. The maximum absolute atomic E-state index is 12.1. The summed E-state index contributed by atoms with van der Waals surface area (Å²) in [6.45, 7) is 0. The Morgan fingerprint density at radius 1 is 0.651 bits per heavy atom. The quantitative estimate of drug-likeness (QED) is 0.0344. The van der Waals surface area contributed by atoms with Crippen LogP contribution in [-0.4, -0.2) is 41.6 Å². The SMILES string of the molecule is O=S(=O)(O)c1cc(/N=N/c2ccc(SOOO)cc2)ccc1/N=N/c1cc(S(=O)(=O)O)c2cccc(SOOO)c2c1O. The molecule has 0 heterocycles. The van der Waals surface area contributed by atoms with E-state index < -0.39 is 47.2 Å². The topological polar surface area (TPSA) is 256 Å². The van der Waals surface area contributed by atoms with E-state index >= 15 is 0 Å². The molecule has 0 saturated carbocycles. The predicted molar refractivity (Wildman–Crippen MR) is 148 cm³/mol. The molecule has 0 saturated heterocycles. The molecule has 0 aliphatic rings. The zero-order valence-electron chi connectivity index (χ0n) is 20.8. The second-order valence-electron chi connectivity index (χ2n) is 7.87. The number of phenols is 1. The van der Waals surface area contributed by atoms with E-state index in [2.05, 4.69) is 39.2 Å². The zero-order chi connectivity index (χ0) is 31.2. The van der Waals surface area contributed by atoms with Crippen LogP contribution in [0.2, 0.25) is 0 Å². The van der Waals surface area contributed by atoms with Gasteiger partial charge in [-0.05, 0) is 54.6 Å². The lowest BCUT2D eigenvalue weighted by atomic mass is 10.1. The lowest BCUT2D eigenvalue weighted by molar-refractivity contribution is -0.432. The van der Waals surface area contributed by atoms with Gasteiger partial charge in [0, 0.05) is 15.7 Å². The summed E-state index contributed by atoms with van der Waals surface area (Å²) < 4.78 is 76.7. The van der Waals surface area contributed by atoms with Gasteiger partial charge in [0.25, 0.3) is 20.2 Å². The molecular formula is C22H16N4O13S4. The Kier molecular flexibility index (Phi) is 10.4. The number of aromatic hydroxyl groups is 1. The Hall–Kier alpha value is -3.58. The van der Waals surface area contributed by atoms with Crippen molar-refractivity contribution in [2.75, 3.05) is 0 Å². The number of nitrogens with zero attached hydrogens (tertiary/aromatic N) is 4. The number of benzene rings is 4. The Labute approximate surface area is 250 Å². The molecule has 4 rings (SSSR count). The van der Waals surface area contributed by atoms with Crippen LogP contribution < -0.4 is 0 Å². The molecule has 0 aliphatic heterocycles. The molecule has 226 valence electrons. The van der Waals surface area contributed by atoms with Crippen molar-refractivity contribution in [2.45, 2.75) is 19.6 Å². The minimum atomic E-state index is -4.91. The van der Waals surface area contributed by atoms with Gasteiger partial charge in [0.05, 0.1) is 40.4 Å². The number of phenolic OH excluding ortho intramolecular Hbond substituents is 1. The average molecular weight is 673 g/mol. The van der Waals surface area contributed by atoms with Gasteiger partial charge in [0.1, 0.15) is 21.2 Å². The number of fused-ring (bicyclic) bond motifs is 1. The summed E-state index contributed by atoms with van der Waals surface area (Å²) in [5.74, 6) is -0.658. The van der Waals surface area contributed by atoms with Crippen molar-refractivity contribution in [1.29, 1.82) is 0 Å². The number of hydrogen-bond acceptors (Lipinski definition) is 17. The van der Waals surface area contributed by atoms with E-state index in [-0.39, 0.29) is 21.4 Å². The van der Waals surface area contributed by atoms with Crippen molar-refractivity contribution < 1.29 is 60.3 Å². The third-order valence-corrected chi connectivity index (χ3v) is 8.25. The van der Waals surface area contributed by atoms with Gasteiger partial charge in [-0.25, -0.2) is 10.5 Å². The van der Waals surface area contributed by atoms with Crippen LogP contribution in [0.15, 0.2) is 107 Å². The number of hydrogen-bond donors (Lipinski definition) is 5. The Bertz CT molecular complexity index is 1920. The zero-order valence-corrected chi connectivity index (χ0v) is 24.0. The van der Waals surface area contributed by atoms with E-state index in [0.717, 1.165) is 30.2 Å². The van der Waals surface area contributed by atoms with Gasteiger partial charge in [0.15, 0.2) is 5.75 Å². The highest BCUT2D eigenvalue weighted by Gasteiger charge is 2.23. The second-order valence-corrected chi connectivity index (χ2v) is 12.2. The van der Waals surface area contributed by atoms with Crippen molar-refractivity contribution in [3.63, 3.8) is 0 Å². The van der Waals surface area contributed by atoms with Crippen LogP contribution in [0.4, 0.5) is 22.7 Å². The smallest absolute Gasteiger partial charge is 0.296 e. The minimum absolute atomic E-state index is 0.0166. The minimum Gasteiger partial charge on any atom is -0.505 e. The normalized spacial score (nSPS) is 12.6. The fourth-order valence-electron chi connectivity index (χ4n) is 3.49. The molecule has 17 nitrogen and oxygen atoms in total. The molecule has 5 N–H and O–H groups in total. The summed E-state index contributed by atoms with van der Waals surface area (Å²) in [5.41, 5.74) is -0.624. The van der Waals surface area contributed by atoms with Gasteiger partial charge in [-0.3, -0.25) is 9.11 Å². The summed E-state index contributed by atoms with van der Waals surface area (Å²) in [6.07, 6.45) is 0. The fourth-order valence-corrected chi connectivity index (χ4v) is 5.73. The summed E-state index contributed by atoms with van der Waals surface area (Å²) in [4.78, 5) is -0.853. The highest BCUT2D eigenvalue weighted by atomic mass is 32.2. The van der Waals surface area contributed by atoms with E-state index in [1.54, 1.807) is 12.1 Å². The highest BCUT2D eigenvalue weighted by Crippen LogP contribution is 2.44. The van der Waals surface area contributed by atoms with Crippen LogP contribution >= 0.6 is 24.1 Å². The molecule has 0 fully saturated rings. The molecule has 0 unspecified atom stereocenters.